The van der Waals surface area contributed by atoms with E-state index in [1.54, 1.807) is 24.3 Å². The normalized spacial score (nSPS) is 16.2. The van der Waals surface area contributed by atoms with Gasteiger partial charge in [-0.05, 0) is 29.8 Å². The Morgan fingerprint density at radius 2 is 1.60 bits per heavy atom. The zero-order valence-electron chi connectivity index (χ0n) is 13.2. The van der Waals surface area contributed by atoms with Gasteiger partial charge in [0.1, 0.15) is 0 Å². The fourth-order valence-corrected chi connectivity index (χ4v) is 2.44. The molecule has 6 nitrogen and oxygen atoms in total. The van der Waals surface area contributed by atoms with E-state index < -0.39 is 29.4 Å². The smallest absolute Gasteiger partial charge is 0.239 e. The van der Waals surface area contributed by atoms with Crippen LogP contribution in [0.5, 0.6) is 0 Å². The average Bonchev–Trinajstić information content (AvgIpc) is 3.31. The van der Waals surface area contributed by atoms with Gasteiger partial charge in [-0.3, -0.25) is 14.4 Å². The highest BCUT2D eigenvalue weighted by molar-refractivity contribution is 6.26. The van der Waals surface area contributed by atoms with Gasteiger partial charge in [0.15, 0.2) is 17.4 Å². The van der Waals surface area contributed by atoms with Crippen molar-refractivity contribution < 1.29 is 23.2 Å². The number of allylic oxidation sites excluding steroid dienone is 2. The molecule has 1 aliphatic carbocycles. The zero-order chi connectivity index (χ0) is 17.8. The largest absolute Gasteiger partial charge is 0.461 e. The van der Waals surface area contributed by atoms with E-state index in [-0.39, 0.29) is 11.5 Å². The van der Waals surface area contributed by atoms with E-state index in [0.717, 1.165) is 0 Å². The van der Waals surface area contributed by atoms with Gasteiger partial charge in [-0.2, -0.15) is 0 Å². The molecular formula is C19H15NO5. The van der Waals surface area contributed by atoms with Crippen LogP contribution in [0.2, 0.25) is 0 Å². The van der Waals surface area contributed by atoms with Crippen molar-refractivity contribution in [1.29, 1.82) is 0 Å². The second-order valence-electron chi connectivity index (χ2n) is 5.42. The van der Waals surface area contributed by atoms with E-state index in [2.05, 4.69) is 11.9 Å². The molecule has 1 aliphatic rings. The van der Waals surface area contributed by atoms with Gasteiger partial charge in [-0.1, -0.05) is 30.9 Å². The van der Waals surface area contributed by atoms with Gasteiger partial charge in [0.25, 0.3) is 0 Å². The molecule has 2 heterocycles. The van der Waals surface area contributed by atoms with Crippen LogP contribution in [0.15, 0.2) is 82.1 Å². The number of carbonyl (C=O) groups excluding carboxylic acids is 3. The summed E-state index contributed by atoms with van der Waals surface area (Å²) in [5.41, 5.74) is 0.644. The van der Waals surface area contributed by atoms with Crippen molar-refractivity contribution in [3.63, 3.8) is 0 Å². The first-order valence-electron chi connectivity index (χ1n) is 7.57. The summed E-state index contributed by atoms with van der Waals surface area (Å²) in [7, 11) is 0. The first-order valence-corrected chi connectivity index (χ1v) is 7.57. The minimum absolute atomic E-state index is 0.0713. The van der Waals surface area contributed by atoms with Crippen molar-refractivity contribution in [2.45, 2.75) is 6.04 Å². The number of ketones is 2. The fraction of sp³-hybridized carbons (Fsp3) is 0.105. The van der Waals surface area contributed by atoms with Gasteiger partial charge < -0.3 is 14.2 Å². The highest BCUT2D eigenvalue weighted by atomic mass is 16.3. The molecule has 0 aromatic carbocycles. The summed E-state index contributed by atoms with van der Waals surface area (Å²) in [5, 5.41) is 2.65. The van der Waals surface area contributed by atoms with E-state index in [1.807, 2.05) is 0 Å². The molecule has 2 aromatic rings. The first kappa shape index (κ1) is 16.4. The van der Waals surface area contributed by atoms with Crippen LogP contribution in [-0.4, -0.2) is 23.5 Å². The van der Waals surface area contributed by atoms with Crippen LogP contribution in [0.25, 0.3) is 0 Å². The Hall–Kier alpha value is -3.41. The van der Waals surface area contributed by atoms with Crippen molar-refractivity contribution in [3.8, 4) is 0 Å². The summed E-state index contributed by atoms with van der Waals surface area (Å²) < 4.78 is 10.1. The predicted molar refractivity (Wildman–Crippen MR) is 88.9 cm³/mol. The molecule has 1 unspecified atom stereocenters. The standard InChI is InChI=1S/C19H15NO5/c1-12-6-2-3-7-13(12)20-19(23)16(17(21)14-8-4-10-24-14)18(22)15-9-5-11-25-15/h2-11,13,16H,1H2,(H,20,23). The first-order chi connectivity index (χ1) is 12.1. The van der Waals surface area contributed by atoms with Crippen LogP contribution < -0.4 is 5.32 Å². The minimum Gasteiger partial charge on any atom is -0.461 e. The Bertz CT molecular complexity index is 810. The van der Waals surface area contributed by atoms with Gasteiger partial charge in [0.2, 0.25) is 17.5 Å². The Morgan fingerprint density at radius 1 is 1.00 bits per heavy atom. The number of amides is 1. The molecule has 0 fully saturated rings. The lowest BCUT2D eigenvalue weighted by molar-refractivity contribution is -0.122. The number of carbonyl (C=O) groups is 3. The molecule has 126 valence electrons. The molecule has 1 amide bonds. The molecule has 2 aromatic heterocycles. The number of hydrogen-bond donors (Lipinski definition) is 1. The molecule has 0 bridgehead atoms. The van der Waals surface area contributed by atoms with E-state index >= 15 is 0 Å². The quantitative estimate of drug-likeness (QED) is 0.646. The molecule has 0 aliphatic heterocycles. The van der Waals surface area contributed by atoms with Gasteiger partial charge >= 0.3 is 0 Å². The molecule has 1 atom stereocenters. The molecule has 0 saturated carbocycles. The lowest BCUT2D eigenvalue weighted by Crippen LogP contribution is -2.44. The average molecular weight is 337 g/mol. The number of Topliss-reactive ketones (excluding diaryl/α,β-unsaturated/α-hetero) is 2. The van der Waals surface area contributed by atoms with E-state index in [4.69, 9.17) is 8.83 Å². The molecule has 1 N–H and O–H groups in total. The topological polar surface area (TPSA) is 89.5 Å². The lowest BCUT2D eigenvalue weighted by Gasteiger charge is -2.20. The highest BCUT2D eigenvalue weighted by Crippen LogP contribution is 2.18. The lowest BCUT2D eigenvalue weighted by atomic mass is 9.93. The summed E-state index contributed by atoms with van der Waals surface area (Å²) >= 11 is 0. The summed E-state index contributed by atoms with van der Waals surface area (Å²) in [4.78, 5) is 38.0. The van der Waals surface area contributed by atoms with Crippen LogP contribution in [0, 0.1) is 5.92 Å². The minimum atomic E-state index is -1.61. The molecule has 0 saturated heterocycles. The third-order valence-corrected chi connectivity index (χ3v) is 3.74. The van der Waals surface area contributed by atoms with Crippen molar-refractivity contribution in [2.75, 3.05) is 0 Å². The van der Waals surface area contributed by atoms with Crippen LogP contribution in [-0.2, 0) is 4.79 Å². The maximum atomic E-state index is 12.7. The Morgan fingerprint density at radius 3 is 2.08 bits per heavy atom. The van der Waals surface area contributed by atoms with Crippen LogP contribution in [0.3, 0.4) is 0 Å². The van der Waals surface area contributed by atoms with Crippen molar-refractivity contribution in [1.82, 2.24) is 5.32 Å². The number of hydrogen-bond acceptors (Lipinski definition) is 5. The van der Waals surface area contributed by atoms with Crippen molar-refractivity contribution in [2.24, 2.45) is 5.92 Å². The van der Waals surface area contributed by atoms with E-state index in [1.165, 1.54) is 36.8 Å². The van der Waals surface area contributed by atoms with Crippen molar-refractivity contribution in [3.05, 3.63) is 84.8 Å². The monoisotopic (exact) mass is 337 g/mol. The third kappa shape index (κ3) is 3.42. The second kappa shape index (κ2) is 7.00. The van der Waals surface area contributed by atoms with Gasteiger partial charge in [-0.15, -0.1) is 0 Å². The Kier molecular flexibility index (Phi) is 4.61. The zero-order valence-corrected chi connectivity index (χ0v) is 13.2. The number of rotatable bonds is 6. The van der Waals surface area contributed by atoms with Crippen molar-refractivity contribution >= 4 is 17.5 Å². The molecular weight excluding hydrogens is 322 g/mol. The van der Waals surface area contributed by atoms with Gasteiger partial charge in [-0.25, -0.2) is 0 Å². The molecule has 3 rings (SSSR count). The molecule has 0 radical (unpaired) electrons. The van der Waals surface area contributed by atoms with Gasteiger partial charge in [0.05, 0.1) is 18.6 Å². The third-order valence-electron chi connectivity index (χ3n) is 3.74. The maximum Gasteiger partial charge on any atom is 0.239 e. The highest BCUT2D eigenvalue weighted by Gasteiger charge is 2.38. The summed E-state index contributed by atoms with van der Waals surface area (Å²) in [6.07, 6.45) is 9.59. The SMILES string of the molecule is C=C1C=CC=CC1NC(=O)C(C(=O)c1ccco1)C(=O)c1ccco1. The summed E-state index contributed by atoms with van der Waals surface area (Å²) in [6.45, 7) is 3.84. The fourth-order valence-electron chi connectivity index (χ4n) is 2.44. The predicted octanol–water partition coefficient (Wildman–Crippen LogP) is 2.72. The van der Waals surface area contributed by atoms with Crippen LogP contribution in [0.1, 0.15) is 21.1 Å². The van der Waals surface area contributed by atoms with E-state index in [9.17, 15) is 14.4 Å². The molecule has 0 spiro atoms. The summed E-state index contributed by atoms with van der Waals surface area (Å²) in [5.74, 6) is -3.95. The Balaban J connectivity index is 1.87. The summed E-state index contributed by atoms with van der Waals surface area (Å²) in [6, 6.07) is 5.33. The molecule has 25 heavy (non-hydrogen) atoms. The van der Waals surface area contributed by atoms with Crippen LogP contribution >= 0.6 is 0 Å². The Labute approximate surface area is 143 Å². The maximum absolute atomic E-state index is 12.7. The second-order valence-corrected chi connectivity index (χ2v) is 5.42. The molecule has 6 heteroatoms. The van der Waals surface area contributed by atoms with Gasteiger partial charge in [0, 0.05) is 0 Å². The number of nitrogens with one attached hydrogen (secondary N) is 1. The van der Waals surface area contributed by atoms with Crippen LogP contribution in [0.4, 0.5) is 0 Å². The number of furan rings is 2. The van der Waals surface area contributed by atoms with E-state index in [0.29, 0.717) is 5.57 Å².